The largest absolute Gasteiger partial charge is 0.361 e. The molecule has 1 fully saturated rings. The Morgan fingerprint density at radius 2 is 1.23 bits per heavy atom. The molecule has 0 bridgehead atoms. The van der Waals surface area contributed by atoms with Crippen LogP contribution in [0.5, 0.6) is 0 Å². The first kappa shape index (κ1) is 30.0. The predicted octanol–water partition coefficient (Wildman–Crippen LogP) is 3.45. The molecule has 8 nitrogen and oxygen atoms in total. The highest BCUT2D eigenvalue weighted by molar-refractivity contribution is 6.00. The van der Waals surface area contributed by atoms with Gasteiger partial charge < -0.3 is 20.7 Å². The van der Waals surface area contributed by atoms with Crippen LogP contribution < -0.4 is 16.0 Å². The van der Waals surface area contributed by atoms with Gasteiger partial charge in [-0.3, -0.25) is 19.2 Å². The van der Waals surface area contributed by atoms with Crippen LogP contribution in [0.4, 0.5) is 0 Å². The molecule has 3 amide bonds. The van der Waals surface area contributed by atoms with Crippen molar-refractivity contribution >= 4 is 23.5 Å². The molecule has 0 radical (unpaired) electrons. The Labute approximate surface area is 231 Å². The van der Waals surface area contributed by atoms with Gasteiger partial charge in [0, 0.05) is 12.0 Å². The maximum absolute atomic E-state index is 13.6. The van der Waals surface area contributed by atoms with Crippen molar-refractivity contribution < 1.29 is 23.9 Å². The Bertz CT molecular complexity index is 1130. The molecular weight excluding hydrogens is 494 g/mol. The number of carbonyl (C=O) groups is 4. The Morgan fingerprint density at radius 1 is 0.744 bits per heavy atom. The highest BCUT2D eigenvalue weighted by Gasteiger charge is 2.50. The van der Waals surface area contributed by atoms with Crippen molar-refractivity contribution in [2.24, 2.45) is 11.8 Å². The second-order valence-electron chi connectivity index (χ2n) is 11.3. The molecule has 1 aliphatic rings. The van der Waals surface area contributed by atoms with Crippen LogP contribution in [0.3, 0.4) is 0 Å². The number of hydrogen-bond acceptors (Lipinski definition) is 5. The van der Waals surface area contributed by atoms with E-state index in [1.54, 1.807) is 31.2 Å². The molecule has 0 aromatic heterocycles. The van der Waals surface area contributed by atoms with Crippen molar-refractivity contribution in [3.05, 3.63) is 71.8 Å². The summed E-state index contributed by atoms with van der Waals surface area (Å²) in [6.45, 7) is 9.95. The topological polar surface area (TPSA) is 117 Å². The van der Waals surface area contributed by atoms with Crippen LogP contribution in [0.1, 0.15) is 63.4 Å². The molecule has 1 heterocycles. The van der Waals surface area contributed by atoms with Crippen LogP contribution in [0.2, 0.25) is 0 Å². The number of nitrogens with one attached hydrogen (secondary N) is 3. The van der Waals surface area contributed by atoms with Gasteiger partial charge in [0.1, 0.15) is 17.7 Å². The number of Topliss-reactive ketones (excluding diaryl/α,β-unsaturated/α-hetero) is 1. The standard InChI is InChI=1S/C31H41N3O5/c1-20(2)16-24(27(35)31(5)19-39-31)32-30(38)26(18-22-12-8-6-9-13-22)34-29(37)25(17-21(3)4)33-28(36)23-14-10-7-11-15-23/h6-15,20-21,24-26H,16-19H2,1-5H3,(H,32,38)(H,33,36)(H,34,37)/t24?,25-,26-,31+/m0/s1. The van der Waals surface area contributed by atoms with Gasteiger partial charge in [0.05, 0.1) is 12.6 Å². The fourth-order valence-corrected chi connectivity index (χ4v) is 4.46. The number of rotatable bonds is 14. The van der Waals surface area contributed by atoms with E-state index < -0.39 is 35.5 Å². The SMILES string of the molecule is CC(C)CC(NC(=O)[C@H](Cc1ccccc1)NC(=O)[C@H](CC(C)C)NC(=O)c1ccccc1)C(=O)[C@@]1(C)CO1. The molecule has 210 valence electrons. The molecule has 1 saturated heterocycles. The number of carbonyl (C=O) groups excluding carboxylic acids is 4. The van der Waals surface area contributed by atoms with Crippen molar-refractivity contribution in [1.29, 1.82) is 0 Å². The van der Waals surface area contributed by atoms with Crippen LogP contribution in [0.15, 0.2) is 60.7 Å². The van der Waals surface area contributed by atoms with Crippen LogP contribution in [-0.2, 0) is 25.5 Å². The van der Waals surface area contributed by atoms with Gasteiger partial charge in [-0.1, -0.05) is 76.2 Å². The lowest BCUT2D eigenvalue weighted by Crippen LogP contribution is -2.57. The maximum atomic E-state index is 13.6. The summed E-state index contributed by atoms with van der Waals surface area (Å²) in [6, 6.07) is 15.5. The van der Waals surface area contributed by atoms with E-state index >= 15 is 0 Å². The lowest BCUT2D eigenvalue weighted by molar-refractivity contribution is -0.133. The molecule has 2 aromatic rings. The zero-order chi connectivity index (χ0) is 28.6. The number of hydrogen-bond donors (Lipinski definition) is 3. The summed E-state index contributed by atoms with van der Waals surface area (Å²) in [4.78, 5) is 53.1. The van der Waals surface area contributed by atoms with Gasteiger partial charge >= 0.3 is 0 Å². The summed E-state index contributed by atoms with van der Waals surface area (Å²) >= 11 is 0. The average molecular weight is 536 g/mol. The molecule has 8 heteroatoms. The minimum absolute atomic E-state index is 0.116. The predicted molar refractivity (Wildman–Crippen MR) is 150 cm³/mol. The van der Waals surface area contributed by atoms with E-state index in [0.29, 0.717) is 25.0 Å². The molecule has 1 unspecified atom stereocenters. The number of ketones is 1. The van der Waals surface area contributed by atoms with Crippen LogP contribution in [0.25, 0.3) is 0 Å². The normalized spacial score (nSPS) is 18.6. The molecule has 3 N–H and O–H groups in total. The van der Waals surface area contributed by atoms with Crippen LogP contribution in [0, 0.1) is 11.8 Å². The lowest BCUT2D eigenvalue weighted by atomic mass is 9.93. The van der Waals surface area contributed by atoms with Gasteiger partial charge in [-0.25, -0.2) is 0 Å². The van der Waals surface area contributed by atoms with E-state index in [-0.39, 0.29) is 29.9 Å². The number of benzene rings is 2. The lowest BCUT2D eigenvalue weighted by Gasteiger charge is -2.27. The highest BCUT2D eigenvalue weighted by Crippen LogP contribution is 2.29. The Hall–Kier alpha value is -3.52. The molecular formula is C31H41N3O5. The van der Waals surface area contributed by atoms with Crippen molar-refractivity contribution in [2.45, 2.75) is 77.6 Å². The fourth-order valence-electron chi connectivity index (χ4n) is 4.46. The Kier molecular flexibility index (Phi) is 10.4. The molecule has 0 spiro atoms. The highest BCUT2D eigenvalue weighted by atomic mass is 16.6. The molecule has 3 rings (SSSR count). The summed E-state index contributed by atoms with van der Waals surface area (Å²) in [7, 11) is 0. The summed E-state index contributed by atoms with van der Waals surface area (Å²) in [5, 5.41) is 8.60. The molecule has 0 aliphatic carbocycles. The van der Waals surface area contributed by atoms with Crippen molar-refractivity contribution in [3.63, 3.8) is 0 Å². The third kappa shape index (κ3) is 9.03. The van der Waals surface area contributed by atoms with Crippen LogP contribution >= 0.6 is 0 Å². The van der Waals surface area contributed by atoms with Gasteiger partial charge in [-0.15, -0.1) is 0 Å². The Balaban J connectivity index is 1.80. The second-order valence-corrected chi connectivity index (χ2v) is 11.3. The minimum atomic E-state index is -0.946. The van der Waals surface area contributed by atoms with Crippen molar-refractivity contribution in [3.8, 4) is 0 Å². The maximum Gasteiger partial charge on any atom is 0.251 e. The Morgan fingerprint density at radius 3 is 1.77 bits per heavy atom. The van der Waals surface area contributed by atoms with Crippen molar-refractivity contribution in [2.75, 3.05) is 6.61 Å². The van der Waals surface area contributed by atoms with E-state index in [9.17, 15) is 19.2 Å². The summed E-state index contributed by atoms with van der Waals surface area (Å²) in [5.41, 5.74) is 0.425. The average Bonchev–Trinajstić information content (AvgIpc) is 3.65. The van der Waals surface area contributed by atoms with E-state index in [1.807, 2.05) is 64.1 Å². The molecule has 39 heavy (non-hydrogen) atoms. The second kappa shape index (κ2) is 13.5. The van der Waals surface area contributed by atoms with Gasteiger partial charge in [0.25, 0.3) is 5.91 Å². The van der Waals surface area contributed by atoms with E-state index in [1.165, 1.54) is 0 Å². The number of epoxide rings is 1. The fraction of sp³-hybridized carbons (Fsp3) is 0.484. The van der Waals surface area contributed by atoms with E-state index in [2.05, 4.69) is 16.0 Å². The first-order valence-electron chi connectivity index (χ1n) is 13.7. The smallest absolute Gasteiger partial charge is 0.251 e. The molecule has 2 aromatic carbocycles. The number of ether oxygens (including phenoxy) is 1. The minimum Gasteiger partial charge on any atom is -0.361 e. The summed E-state index contributed by atoms with van der Waals surface area (Å²) < 4.78 is 5.35. The third-order valence-electron chi connectivity index (χ3n) is 6.72. The molecule has 1 aliphatic heterocycles. The summed E-state index contributed by atoms with van der Waals surface area (Å²) in [6.07, 6.45) is 1.09. The molecule has 0 saturated carbocycles. The summed E-state index contributed by atoms with van der Waals surface area (Å²) in [5.74, 6) is -1.15. The van der Waals surface area contributed by atoms with Crippen LogP contribution in [-0.4, -0.2) is 53.8 Å². The first-order valence-corrected chi connectivity index (χ1v) is 13.7. The van der Waals surface area contributed by atoms with Gasteiger partial charge in [-0.2, -0.15) is 0 Å². The first-order chi connectivity index (χ1) is 18.5. The van der Waals surface area contributed by atoms with Gasteiger partial charge in [-0.05, 0) is 49.3 Å². The monoisotopic (exact) mass is 535 g/mol. The molecule has 4 atom stereocenters. The van der Waals surface area contributed by atoms with Crippen molar-refractivity contribution in [1.82, 2.24) is 16.0 Å². The van der Waals surface area contributed by atoms with Gasteiger partial charge in [0.2, 0.25) is 11.8 Å². The van der Waals surface area contributed by atoms with E-state index in [0.717, 1.165) is 5.56 Å². The van der Waals surface area contributed by atoms with Gasteiger partial charge in [0.15, 0.2) is 5.78 Å². The third-order valence-corrected chi connectivity index (χ3v) is 6.72. The zero-order valence-electron chi connectivity index (χ0n) is 23.5. The zero-order valence-corrected chi connectivity index (χ0v) is 23.5. The number of amides is 3. The quantitative estimate of drug-likeness (QED) is 0.321. The van der Waals surface area contributed by atoms with E-state index in [4.69, 9.17) is 4.74 Å².